The van der Waals surface area contributed by atoms with Gasteiger partial charge in [-0.05, 0) is 27.5 Å². The van der Waals surface area contributed by atoms with Crippen molar-refractivity contribution in [1.82, 2.24) is 0 Å². The number of rotatable bonds is 3. The van der Waals surface area contributed by atoms with Crippen molar-refractivity contribution >= 4 is 41.8 Å². The minimum Gasteiger partial charge on any atom is -0.165 e. The highest BCUT2D eigenvalue weighted by Gasteiger charge is 2.34. The summed E-state index contributed by atoms with van der Waals surface area (Å²) < 4.78 is 0. The fraction of sp³-hybridized carbons (Fsp3) is 0.600. The van der Waals surface area contributed by atoms with Crippen molar-refractivity contribution < 1.29 is 0 Å². The first-order valence-corrected chi connectivity index (χ1v) is 9.07. The van der Waals surface area contributed by atoms with Gasteiger partial charge in [-0.15, -0.1) is 0 Å². The van der Waals surface area contributed by atoms with Crippen LogP contribution in [0.4, 0.5) is 0 Å². The monoisotopic (exact) mass is 316 g/mol. The minimum atomic E-state index is -0.437. The normalized spacial score (nSPS) is 12.9. The molecule has 0 unspecified atom stereocenters. The van der Waals surface area contributed by atoms with Gasteiger partial charge in [0.1, 0.15) is 0 Å². The van der Waals surface area contributed by atoms with E-state index in [1.807, 2.05) is 12.1 Å². The zero-order valence-corrected chi connectivity index (χ0v) is 15.2. The second-order valence-electron chi connectivity index (χ2n) is 6.93. The Labute approximate surface area is 129 Å². The van der Waals surface area contributed by atoms with Crippen LogP contribution in [0.15, 0.2) is 24.3 Å². The van der Waals surface area contributed by atoms with Crippen LogP contribution in [0.1, 0.15) is 47.1 Å². The van der Waals surface area contributed by atoms with E-state index in [9.17, 15) is 0 Å². The van der Waals surface area contributed by atoms with Crippen LogP contribution in [0.25, 0.3) is 0 Å². The van der Waals surface area contributed by atoms with E-state index in [0.717, 1.165) is 11.6 Å². The Bertz CT molecular complexity index is 405. The average Bonchev–Trinajstić information content (AvgIpc) is 2.23. The number of halogens is 2. The zero-order chi connectivity index (χ0) is 14.8. The average molecular weight is 317 g/mol. The van der Waals surface area contributed by atoms with Gasteiger partial charge >= 0.3 is 5.54 Å². The summed E-state index contributed by atoms with van der Waals surface area (Å²) in [6.45, 7) is 14.0. The molecule has 0 saturated carbocycles. The van der Waals surface area contributed by atoms with Crippen molar-refractivity contribution in [3.8, 4) is 0 Å². The van der Waals surface area contributed by atoms with E-state index in [1.165, 1.54) is 5.56 Å². The maximum Gasteiger partial charge on any atom is 0.383 e. The van der Waals surface area contributed by atoms with E-state index in [1.54, 1.807) is 0 Å². The second-order valence-corrected chi connectivity index (χ2v) is 11.9. The Morgan fingerprint density at radius 3 is 1.84 bits per heavy atom. The molecule has 106 valence electrons. The fourth-order valence-corrected chi connectivity index (χ4v) is 6.56. The number of hydrogen-bond acceptors (Lipinski definition) is 0. The lowest BCUT2D eigenvalue weighted by Gasteiger charge is -2.42. The largest absolute Gasteiger partial charge is 0.383 e. The molecule has 0 atom stereocenters. The summed E-state index contributed by atoms with van der Waals surface area (Å²) in [5.41, 5.74) is 1.92. The molecule has 1 rings (SSSR count). The summed E-state index contributed by atoms with van der Waals surface area (Å²) in [5, 5.41) is 0.629. The van der Waals surface area contributed by atoms with Crippen LogP contribution < -0.4 is 5.46 Å². The summed E-state index contributed by atoms with van der Waals surface area (Å²) >= 11 is 12.2. The van der Waals surface area contributed by atoms with Gasteiger partial charge in [0.2, 0.25) is 0 Å². The van der Waals surface area contributed by atoms with Crippen LogP contribution in [0, 0.1) is 0 Å². The first-order valence-electron chi connectivity index (χ1n) is 6.67. The molecule has 4 heteroatoms. The molecule has 0 aliphatic heterocycles. The highest BCUT2D eigenvalue weighted by atomic mass is 35.5. The molecule has 0 aliphatic rings. The molecule has 0 spiro atoms. The Kier molecular flexibility index (Phi) is 5.82. The Balaban J connectivity index is 3.11. The van der Waals surface area contributed by atoms with Crippen molar-refractivity contribution in [2.24, 2.45) is 0 Å². The zero-order valence-electron chi connectivity index (χ0n) is 12.8. The molecule has 1 aromatic carbocycles. The molecular weight excluding hydrogens is 293 g/mol. The van der Waals surface area contributed by atoms with Gasteiger partial charge in [0.05, 0.1) is 0 Å². The van der Waals surface area contributed by atoms with Gasteiger partial charge in [-0.2, -0.15) is 22.9 Å². The predicted molar refractivity (Wildman–Crippen MR) is 93.7 cm³/mol. The molecule has 0 N–H and O–H groups in total. The predicted octanol–water partition coefficient (Wildman–Crippen LogP) is 5.44. The first kappa shape index (κ1) is 17.3. The van der Waals surface area contributed by atoms with Crippen molar-refractivity contribution in [1.29, 1.82) is 0 Å². The molecule has 1 aromatic rings. The third-order valence-corrected chi connectivity index (χ3v) is 7.60. The maximum absolute atomic E-state index is 6.09. The molecular formula is C15H24BCl2P. The van der Waals surface area contributed by atoms with Gasteiger partial charge < -0.3 is 0 Å². The summed E-state index contributed by atoms with van der Waals surface area (Å²) in [4.78, 5) is 0. The van der Waals surface area contributed by atoms with Crippen LogP contribution in [0.3, 0.4) is 0 Å². The van der Waals surface area contributed by atoms with Gasteiger partial charge in [-0.1, -0.05) is 73.7 Å². The van der Waals surface area contributed by atoms with Crippen molar-refractivity contribution in [2.45, 2.75) is 58.0 Å². The van der Waals surface area contributed by atoms with E-state index >= 15 is 0 Å². The SMILES string of the molecule is CC(C)(C)P(Cc1ccccc1B(Cl)Cl)C(C)(C)C. The summed E-state index contributed by atoms with van der Waals surface area (Å²) in [7, 11) is -0.177. The molecule has 0 saturated heterocycles. The highest BCUT2D eigenvalue weighted by Crippen LogP contribution is 2.61. The van der Waals surface area contributed by atoms with E-state index in [2.05, 4.69) is 53.7 Å². The van der Waals surface area contributed by atoms with Crippen LogP contribution in [-0.2, 0) is 6.16 Å². The summed E-state index contributed by atoms with van der Waals surface area (Å²) in [5.74, 6) is 0. The molecule has 0 heterocycles. The Morgan fingerprint density at radius 2 is 1.42 bits per heavy atom. The smallest absolute Gasteiger partial charge is 0.165 e. The Morgan fingerprint density at radius 1 is 0.947 bits per heavy atom. The standard InChI is InChI=1S/C15H24BCl2P/c1-14(2,3)19(15(4,5)6)11-12-9-7-8-10-13(12)16(17)18/h7-10H,11H2,1-6H3. The van der Waals surface area contributed by atoms with Crippen molar-refractivity contribution in [3.05, 3.63) is 29.8 Å². The van der Waals surface area contributed by atoms with Crippen LogP contribution >= 0.6 is 30.8 Å². The molecule has 0 nitrogen and oxygen atoms in total. The molecule has 0 bridgehead atoms. The molecule has 0 aromatic heterocycles. The maximum atomic E-state index is 6.09. The number of benzene rings is 1. The van der Waals surface area contributed by atoms with Gasteiger partial charge in [-0.25, -0.2) is 0 Å². The molecule has 0 fully saturated rings. The minimum absolute atomic E-state index is 0.177. The first-order chi connectivity index (χ1) is 8.53. The summed E-state index contributed by atoms with van der Waals surface area (Å²) in [6.07, 6.45) is 1.08. The lowest BCUT2D eigenvalue weighted by Crippen LogP contribution is -2.29. The third kappa shape index (κ3) is 4.96. The van der Waals surface area contributed by atoms with Crippen molar-refractivity contribution in [2.75, 3.05) is 0 Å². The molecule has 0 amide bonds. The van der Waals surface area contributed by atoms with Crippen molar-refractivity contribution in [3.63, 3.8) is 0 Å². The van der Waals surface area contributed by atoms with Crippen LogP contribution in [0.2, 0.25) is 0 Å². The van der Waals surface area contributed by atoms with Gasteiger partial charge in [0, 0.05) is 0 Å². The third-order valence-electron chi connectivity index (χ3n) is 3.24. The molecule has 19 heavy (non-hydrogen) atoms. The van der Waals surface area contributed by atoms with Crippen LogP contribution in [-0.4, -0.2) is 15.9 Å². The van der Waals surface area contributed by atoms with Gasteiger partial charge in [0.15, 0.2) is 0 Å². The number of hydrogen-bond donors (Lipinski definition) is 0. The van der Waals surface area contributed by atoms with E-state index in [0.29, 0.717) is 10.3 Å². The van der Waals surface area contributed by atoms with Gasteiger partial charge in [-0.3, -0.25) is 0 Å². The van der Waals surface area contributed by atoms with Gasteiger partial charge in [0.25, 0.3) is 0 Å². The molecule has 0 aliphatic carbocycles. The Hall–Kier alpha value is 0.295. The second kappa shape index (κ2) is 6.38. The quantitative estimate of drug-likeness (QED) is 0.514. The highest BCUT2D eigenvalue weighted by molar-refractivity contribution is 7.60. The van der Waals surface area contributed by atoms with Crippen LogP contribution in [0.5, 0.6) is 0 Å². The lowest BCUT2D eigenvalue weighted by molar-refractivity contribution is 0.703. The molecule has 0 radical (unpaired) electrons. The lowest BCUT2D eigenvalue weighted by atomic mass is 9.89. The fourth-order valence-electron chi connectivity index (χ4n) is 2.54. The summed E-state index contributed by atoms with van der Waals surface area (Å²) in [6, 6.07) is 8.29. The van der Waals surface area contributed by atoms with E-state index in [4.69, 9.17) is 22.9 Å². The van der Waals surface area contributed by atoms with E-state index < -0.39 is 5.54 Å². The topological polar surface area (TPSA) is 0 Å². The van der Waals surface area contributed by atoms with E-state index in [-0.39, 0.29) is 7.92 Å².